The predicted molar refractivity (Wildman–Crippen MR) is 110 cm³/mol. The molecule has 2 aliphatic carbocycles. The topological polar surface area (TPSA) is 26.3 Å². The molecule has 0 N–H and O–H groups in total. The van der Waals surface area contributed by atoms with Crippen molar-refractivity contribution in [2.75, 3.05) is 0 Å². The highest BCUT2D eigenvalue weighted by Gasteiger charge is 2.56. The second-order valence-corrected chi connectivity index (χ2v) is 10.3. The highest BCUT2D eigenvalue weighted by Crippen LogP contribution is 2.64. The highest BCUT2D eigenvalue weighted by atomic mass is 16.6. The summed E-state index contributed by atoms with van der Waals surface area (Å²) in [7, 11) is 0. The third kappa shape index (κ3) is 4.04. The van der Waals surface area contributed by atoms with Crippen molar-refractivity contribution in [1.82, 2.24) is 0 Å². The minimum absolute atomic E-state index is 0.161. The van der Waals surface area contributed by atoms with E-state index in [1.54, 1.807) is 0 Å². The van der Waals surface area contributed by atoms with Gasteiger partial charge in [-0.2, -0.15) is 0 Å². The Morgan fingerprint density at radius 3 is 2.46 bits per heavy atom. The van der Waals surface area contributed by atoms with Gasteiger partial charge in [0, 0.05) is 6.92 Å². The van der Waals surface area contributed by atoms with Crippen LogP contribution < -0.4 is 0 Å². The summed E-state index contributed by atoms with van der Waals surface area (Å²) in [5.74, 6) is 1.93. The molecule has 2 nitrogen and oxygen atoms in total. The third-order valence-electron chi connectivity index (χ3n) is 8.00. The molecule has 2 saturated carbocycles. The minimum atomic E-state index is -0.343. The Labute approximate surface area is 162 Å². The van der Waals surface area contributed by atoms with Gasteiger partial charge in [0.15, 0.2) is 0 Å². The molecule has 0 amide bonds. The fourth-order valence-electron chi connectivity index (χ4n) is 6.77. The number of carbonyl (C=O) groups excluding carboxylic acids is 1. The van der Waals surface area contributed by atoms with Gasteiger partial charge in [0.2, 0.25) is 0 Å². The van der Waals surface area contributed by atoms with Crippen LogP contribution >= 0.6 is 0 Å². The number of carbonyl (C=O) groups is 1. The standard InChI is InChI=1S/C24H42O2/c1-9-19-16-17(3)20(12-15-23(7,10-2)26-18(4)25)24(8)14-11-13-22(5,6)21(19)24/h19-21H,3,9-16H2,1-2,4-8H3/t19-,20-,21-,23+,24+/m0/s1. The monoisotopic (exact) mass is 362 g/mol. The van der Waals surface area contributed by atoms with Crippen LogP contribution in [0.15, 0.2) is 12.2 Å². The van der Waals surface area contributed by atoms with Crippen molar-refractivity contribution >= 4 is 5.97 Å². The van der Waals surface area contributed by atoms with E-state index >= 15 is 0 Å². The van der Waals surface area contributed by atoms with Gasteiger partial charge in [0.25, 0.3) is 0 Å². The van der Waals surface area contributed by atoms with Crippen molar-refractivity contribution in [3.05, 3.63) is 12.2 Å². The number of fused-ring (bicyclic) bond motifs is 1. The average molecular weight is 363 g/mol. The summed E-state index contributed by atoms with van der Waals surface area (Å²) in [6, 6.07) is 0. The lowest BCUT2D eigenvalue weighted by Gasteiger charge is -2.61. The fourth-order valence-corrected chi connectivity index (χ4v) is 6.77. The highest BCUT2D eigenvalue weighted by molar-refractivity contribution is 5.66. The summed E-state index contributed by atoms with van der Waals surface area (Å²) in [6.45, 7) is 20.2. The molecule has 0 unspecified atom stereocenters. The van der Waals surface area contributed by atoms with Gasteiger partial charge < -0.3 is 4.74 Å². The lowest BCUT2D eigenvalue weighted by Crippen LogP contribution is -2.53. The van der Waals surface area contributed by atoms with E-state index in [2.05, 4.69) is 48.1 Å². The van der Waals surface area contributed by atoms with E-state index in [0.717, 1.165) is 31.1 Å². The number of ether oxygens (including phenoxy) is 1. The molecule has 2 aliphatic rings. The summed E-state index contributed by atoms with van der Waals surface area (Å²) in [4.78, 5) is 11.6. The largest absolute Gasteiger partial charge is 0.460 e. The molecule has 0 aromatic rings. The quantitative estimate of drug-likeness (QED) is 0.378. The molecular weight excluding hydrogens is 320 g/mol. The zero-order valence-electron chi connectivity index (χ0n) is 18.4. The molecule has 2 rings (SSSR count). The normalized spacial score (nSPS) is 36.1. The molecule has 0 heterocycles. The number of allylic oxidation sites excluding steroid dienone is 1. The number of hydrogen-bond donors (Lipinski definition) is 0. The Hall–Kier alpha value is -0.790. The first kappa shape index (κ1) is 21.5. The summed E-state index contributed by atoms with van der Waals surface area (Å²) in [5, 5.41) is 0. The van der Waals surface area contributed by atoms with Gasteiger partial charge in [0.1, 0.15) is 5.60 Å². The average Bonchev–Trinajstić information content (AvgIpc) is 2.51. The smallest absolute Gasteiger partial charge is 0.303 e. The van der Waals surface area contributed by atoms with Gasteiger partial charge in [0.05, 0.1) is 0 Å². The predicted octanol–water partition coefficient (Wildman–Crippen LogP) is 6.93. The van der Waals surface area contributed by atoms with Crippen LogP contribution in [0, 0.1) is 28.6 Å². The summed E-state index contributed by atoms with van der Waals surface area (Å²) >= 11 is 0. The van der Waals surface area contributed by atoms with Gasteiger partial charge >= 0.3 is 5.97 Å². The Kier molecular flexibility index (Phi) is 6.35. The van der Waals surface area contributed by atoms with Crippen LogP contribution in [0.5, 0.6) is 0 Å². The summed E-state index contributed by atoms with van der Waals surface area (Å²) < 4.78 is 5.70. The van der Waals surface area contributed by atoms with E-state index in [-0.39, 0.29) is 11.6 Å². The van der Waals surface area contributed by atoms with Gasteiger partial charge in [-0.1, -0.05) is 59.6 Å². The van der Waals surface area contributed by atoms with Gasteiger partial charge in [-0.3, -0.25) is 4.79 Å². The van der Waals surface area contributed by atoms with Crippen LogP contribution in [0.3, 0.4) is 0 Å². The molecule has 0 aromatic carbocycles. The summed E-state index contributed by atoms with van der Waals surface area (Å²) in [5.41, 5.74) is 1.86. The van der Waals surface area contributed by atoms with Gasteiger partial charge in [-0.05, 0) is 74.0 Å². The van der Waals surface area contributed by atoms with Crippen molar-refractivity contribution in [2.24, 2.45) is 28.6 Å². The third-order valence-corrected chi connectivity index (χ3v) is 8.00. The first-order valence-electron chi connectivity index (χ1n) is 10.9. The van der Waals surface area contributed by atoms with Crippen molar-refractivity contribution < 1.29 is 9.53 Å². The Balaban J connectivity index is 2.27. The second-order valence-electron chi connectivity index (χ2n) is 10.3. The van der Waals surface area contributed by atoms with Crippen LogP contribution in [0.4, 0.5) is 0 Å². The second kappa shape index (κ2) is 7.68. The first-order chi connectivity index (χ1) is 12.0. The van der Waals surface area contributed by atoms with Crippen LogP contribution in [0.25, 0.3) is 0 Å². The van der Waals surface area contributed by atoms with Crippen molar-refractivity contribution in [3.8, 4) is 0 Å². The molecule has 150 valence electrons. The number of rotatable bonds is 6. The van der Waals surface area contributed by atoms with Crippen LogP contribution in [-0.4, -0.2) is 11.6 Å². The van der Waals surface area contributed by atoms with Gasteiger partial charge in [-0.15, -0.1) is 0 Å². The van der Waals surface area contributed by atoms with Gasteiger partial charge in [-0.25, -0.2) is 0 Å². The molecule has 0 aliphatic heterocycles. The SMILES string of the molecule is C=C1C[C@H](CC)[C@H]2C(C)(C)CCC[C@]2(C)[C@H]1CC[C@@](C)(CC)OC(C)=O. The zero-order valence-corrected chi connectivity index (χ0v) is 18.4. The van der Waals surface area contributed by atoms with E-state index in [1.165, 1.54) is 44.6 Å². The van der Waals surface area contributed by atoms with Crippen LogP contribution in [0.1, 0.15) is 99.8 Å². The molecule has 0 bridgehead atoms. The Bertz CT molecular complexity index is 534. The van der Waals surface area contributed by atoms with Crippen molar-refractivity contribution in [3.63, 3.8) is 0 Å². The maximum Gasteiger partial charge on any atom is 0.303 e. The Morgan fingerprint density at radius 2 is 1.92 bits per heavy atom. The summed E-state index contributed by atoms with van der Waals surface area (Å²) in [6.07, 6.45) is 9.34. The number of esters is 1. The lowest BCUT2D eigenvalue weighted by molar-refractivity contribution is -0.157. The fraction of sp³-hybridized carbons (Fsp3) is 0.875. The molecule has 0 aromatic heterocycles. The van der Waals surface area contributed by atoms with Crippen LogP contribution in [-0.2, 0) is 9.53 Å². The Morgan fingerprint density at radius 1 is 1.27 bits per heavy atom. The minimum Gasteiger partial charge on any atom is -0.460 e. The molecule has 2 heteroatoms. The maximum atomic E-state index is 11.6. The van der Waals surface area contributed by atoms with E-state index < -0.39 is 0 Å². The first-order valence-corrected chi connectivity index (χ1v) is 10.9. The molecule has 26 heavy (non-hydrogen) atoms. The zero-order chi connectivity index (χ0) is 19.8. The van der Waals surface area contributed by atoms with E-state index in [1.807, 2.05) is 0 Å². The van der Waals surface area contributed by atoms with Crippen molar-refractivity contribution in [2.45, 2.75) is 105 Å². The molecule has 0 spiro atoms. The van der Waals surface area contributed by atoms with E-state index in [0.29, 0.717) is 16.7 Å². The molecule has 0 saturated heterocycles. The van der Waals surface area contributed by atoms with Crippen molar-refractivity contribution in [1.29, 1.82) is 0 Å². The molecular formula is C24H42O2. The van der Waals surface area contributed by atoms with E-state index in [9.17, 15) is 4.79 Å². The van der Waals surface area contributed by atoms with Crippen LogP contribution in [0.2, 0.25) is 0 Å². The van der Waals surface area contributed by atoms with E-state index in [4.69, 9.17) is 4.74 Å². The lowest BCUT2D eigenvalue weighted by atomic mass is 9.44. The maximum absolute atomic E-state index is 11.6. The number of hydrogen-bond acceptors (Lipinski definition) is 2. The molecule has 2 fully saturated rings. The molecule has 0 radical (unpaired) electrons. The molecule has 5 atom stereocenters.